The third-order valence-corrected chi connectivity index (χ3v) is 5.58. The van der Waals surface area contributed by atoms with Crippen molar-refractivity contribution in [2.45, 2.75) is 0 Å². The summed E-state index contributed by atoms with van der Waals surface area (Å²) >= 11 is 0. The minimum Gasteiger partial charge on any atom is -0.497 e. The van der Waals surface area contributed by atoms with Gasteiger partial charge >= 0.3 is 6.01 Å². The van der Waals surface area contributed by atoms with E-state index >= 15 is 0 Å². The van der Waals surface area contributed by atoms with E-state index in [4.69, 9.17) is 18.7 Å². The Balaban J connectivity index is 1.24. The first-order chi connectivity index (χ1) is 15.7. The molecule has 1 aliphatic rings. The monoisotopic (exact) mass is 439 g/mol. The fourth-order valence-corrected chi connectivity index (χ4v) is 3.73. The summed E-state index contributed by atoms with van der Waals surface area (Å²) < 4.78 is 21.2. The lowest BCUT2D eigenvalue weighted by Gasteiger charge is -2.36. The van der Waals surface area contributed by atoms with Crippen LogP contribution in [0, 0.1) is 0 Å². The van der Waals surface area contributed by atoms with Crippen LogP contribution in [0.4, 0.5) is 11.7 Å². The molecule has 9 heteroatoms. The smallest absolute Gasteiger partial charge is 0.321 e. The Morgan fingerprint density at radius 3 is 2.34 bits per heavy atom. The number of methoxy groups -OCH3 is 3. The number of benzene rings is 2. The number of rotatable bonds is 9. The number of piperazine rings is 1. The van der Waals surface area contributed by atoms with Crippen LogP contribution in [0.25, 0.3) is 11.4 Å². The molecule has 0 atom stereocenters. The molecule has 0 amide bonds. The molecule has 0 aliphatic carbocycles. The molecule has 9 nitrogen and oxygen atoms in total. The van der Waals surface area contributed by atoms with Crippen LogP contribution < -0.4 is 24.4 Å². The van der Waals surface area contributed by atoms with E-state index in [1.165, 1.54) is 5.69 Å². The molecule has 2 aromatic carbocycles. The molecular formula is C23H29N5O4. The summed E-state index contributed by atoms with van der Waals surface area (Å²) in [5.41, 5.74) is 2.03. The first-order valence-electron chi connectivity index (χ1n) is 10.6. The number of ether oxygens (including phenoxy) is 3. The Morgan fingerprint density at radius 1 is 0.906 bits per heavy atom. The predicted octanol–water partition coefficient (Wildman–Crippen LogP) is 3.00. The summed E-state index contributed by atoms with van der Waals surface area (Å²) in [7, 11) is 4.89. The van der Waals surface area contributed by atoms with E-state index in [1.807, 2.05) is 30.3 Å². The lowest BCUT2D eigenvalue weighted by molar-refractivity contribution is 0.266. The van der Waals surface area contributed by atoms with Crippen molar-refractivity contribution in [3.05, 3.63) is 42.5 Å². The van der Waals surface area contributed by atoms with Gasteiger partial charge in [0.25, 0.3) is 0 Å². The van der Waals surface area contributed by atoms with Crippen molar-refractivity contribution < 1.29 is 18.7 Å². The lowest BCUT2D eigenvalue weighted by atomic mass is 10.2. The van der Waals surface area contributed by atoms with Crippen molar-refractivity contribution in [1.29, 1.82) is 0 Å². The van der Waals surface area contributed by atoms with Crippen LogP contribution in [0.2, 0.25) is 0 Å². The minimum absolute atomic E-state index is 0.409. The first-order valence-corrected chi connectivity index (χ1v) is 10.6. The van der Waals surface area contributed by atoms with E-state index < -0.39 is 0 Å². The second-order valence-corrected chi connectivity index (χ2v) is 7.45. The Labute approximate surface area is 187 Å². The highest BCUT2D eigenvalue weighted by Crippen LogP contribution is 2.31. The van der Waals surface area contributed by atoms with Crippen LogP contribution in [-0.2, 0) is 0 Å². The van der Waals surface area contributed by atoms with E-state index in [0.29, 0.717) is 23.3 Å². The van der Waals surface area contributed by atoms with Crippen LogP contribution in [0.3, 0.4) is 0 Å². The number of aromatic nitrogens is 2. The second kappa shape index (κ2) is 10.2. The third kappa shape index (κ3) is 5.05. The van der Waals surface area contributed by atoms with Crippen molar-refractivity contribution in [1.82, 2.24) is 15.0 Å². The normalized spacial score (nSPS) is 14.3. The summed E-state index contributed by atoms with van der Waals surface area (Å²) in [6, 6.07) is 14.2. The average molecular weight is 440 g/mol. The molecule has 1 aliphatic heterocycles. The molecule has 1 saturated heterocycles. The van der Waals surface area contributed by atoms with E-state index in [0.717, 1.165) is 50.6 Å². The summed E-state index contributed by atoms with van der Waals surface area (Å²) in [5, 5.41) is 7.29. The van der Waals surface area contributed by atoms with Gasteiger partial charge in [0.15, 0.2) is 11.5 Å². The molecule has 0 unspecified atom stereocenters. The maximum Gasteiger partial charge on any atom is 0.321 e. The van der Waals surface area contributed by atoms with E-state index in [2.05, 4.69) is 37.4 Å². The van der Waals surface area contributed by atoms with Crippen LogP contribution >= 0.6 is 0 Å². The van der Waals surface area contributed by atoms with Gasteiger partial charge in [-0.2, -0.15) is 4.98 Å². The van der Waals surface area contributed by atoms with Crippen LogP contribution in [0.5, 0.6) is 17.2 Å². The summed E-state index contributed by atoms with van der Waals surface area (Å²) in [6.45, 7) is 5.65. The van der Waals surface area contributed by atoms with Crippen LogP contribution in [0.1, 0.15) is 0 Å². The highest BCUT2D eigenvalue weighted by Gasteiger charge is 2.17. The van der Waals surface area contributed by atoms with Gasteiger partial charge in [-0.3, -0.25) is 4.90 Å². The van der Waals surface area contributed by atoms with Gasteiger partial charge in [0.1, 0.15) is 5.75 Å². The Bertz CT molecular complexity index is 1000. The van der Waals surface area contributed by atoms with E-state index in [1.54, 1.807) is 21.3 Å². The lowest BCUT2D eigenvalue weighted by Crippen LogP contribution is -2.47. The van der Waals surface area contributed by atoms with Crippen molar-refractivity contribution in [3.63, 3.8) is 0 Å². The summed E-state index contributed by atoms with van der Waals surface area (Å²) in [4.78, 5) is 9.27. The molecule has 32 heavy (non-hydrogen) atoms. The molecule has 2 heterocycles. The zero-order valence-electron chi connectivity index (χ0n) is 18.7. The standard InChI is InChI=1S/C23H29N5O4/c1-29-19-7-5-18(6-8-19)28-14-12-27(13-15-28)11-10-24-23-25-22(26-32-23)17-4-9-20(30-2)21(16-17)31-3/h4-9,16H,10-15H2,1-3H3,(H,24,25,26). The van der Waals surface area contributed by atoms with Crippen LogP contribution in [0.15, 0.2) is 47.0 Å². The maximum atomic E-state index is 5.35. The molecule has 0 bridgehead atoms. The molecule has 1 fully saturated rings. The fourth-order valence-electron chi connectivity index (χ4n) is 3.73. The van der Waals surface area contributed by atoms with Gasteiger partial charge in [0.05, 0.1) is 21.3 Å². The number of hydrogen-bond donors (Lipinski definition) is 1. The van der Waals surface area contributed by atoms with Crippen molar-refractivity contribution >= 4 is 11.7 Å². The quantitative estimate of drug-likeness (QED) is 0.541. The molecular weight excluding hydrogens is 410 g/mol. The molecule has 1 N–H and O–H groups in total. The van der Waals surface area contributed by atoms with Gasteiger partial charge in [-0.25, -0.2) is 0 Å². The second-order valence-electron chi connectivity index (χ2n) is 7.45. The molecule has 170 valence electrons. The molecule has 4 rings (SSSR count). The molecule has 0 saturated carbocycles. The largest absolute Gasteiger partial charge is 0.497 e. The number of hydrogen-bond acceptors (Lipinski definition) is 9. The SMILES string of the molecule is COc1ccc(N2CCN(CCNc3nc(-c4ccc(OC)c(OC)c4)no3)CC2)cc1. The van der Waals surface area contributed by atoms with Crippen LogP contribution in [-0.4, -0.2) is 75.6 Å². The van der Waals surface area contributed by atoms with Crippen molar-refractivity contribution in [2.24, 2.45) is 0 Å². The summed E-state index contributed by atoms with van der Waals surface area (Å²) in [6.07, 6.45) is 0. The van der Waals surface area contributed by atoms with Gasteiger partial charge in [0.2, 0.25) is 5.82 Å². The maximum absolute atomic E-state index is 5.35. The van der Waals surface area contributed by atoms with Crippen molar-refractivity contribution in [2.75, 3.05) is 70.8 Å². The molecule has 0 radical (unpaired) electrons. The predicted molar refractivity (Wildman–Crippen MR) is 123 cm³/mol. The average Bonchev–Trinajstić information content (AvgIpc) is 3.33. The first kappa shape index (κ1) is 21.8. The number of nitrogens with one attached hydrogen (secondary N) is 1. The molecule has 3 aromatic rings. The zero-order valence-corrected chi connectivity index (χ0v) is 18.7. The highest BCUT2D eigenvalue weighted by atomic mass is 16.5. The van der Waals surface area contributed by atoms with Gasteiger partial charge in [-0.05, 0) is 42.5 Å². The molecule has 1 aromatic heterocycles. The number of nitrogens with zero attached hydrogens (tertiary/aromatic N) is 4. The summed E-state index contributed by atoms with van der Waals surface area (Å²) in [5.74, 6) is 2.67. The van der Waals surface area contributed by atoms with Crippen molar-refractivity contribution in [3.8, 4) is 28.6 Å². The number of anilines is 2. The van der Waals surface area contributed by atoms with Gasteiger partial charge in [-0.15, -0.1) is 0 Å². The Kier molecular flexibility index (Phi) is 6.96. The van der Waals surface area contributed by atoms with Gasteiger partial charge in [-0.1, -0.05) is 5.16 Å². The Morgan fingerprint density at radius 2 is 1.66 bits per heavy atom. The molecule has 0 spiro atoms. The van der Waals surface area contributed by atoms with E-state index in [9.17, 15) is 0 Å². The fraction of sp³-hybridized carbons (Fsp3) is 0.391. The highest BCUT2D eigenvalue weighted by molar-refractivity contribution is 5.61. The topological polar surface area (TPSA) is 85.1 Å². The zero-order chi connectivity index (χ0) is 22.3. The third-order valence-electron chi connectivity index (χ3n) is 5.58. The van der Waals surface area contributed by atoms with Gasteiger partial charge < -0.3 is 29.0 Å². The van der Waals surface area contributed by atoms with E-state index in [-0.39, 0.29) is 0 Å². The minimum atomic E-state index is 0.409. The Hall–Kier alpha value is -3.46. The van der Waals surface area contributed by atoms with Gasteiger partial charge in [0, 0.05) is 50.5 Å².